The van der Waals surface area contributed by atoms with Gasteiger partial charge in [0.2, 0.25) is 5.91 Å². The van der Waals surface area contributed by atoms with Crippen LogP contribution in [0.15, 0.2) is 0 Å². The number of aliphatic hydroxyl groups excluding tert-OH is 1. The standard InChI is InChI=1S/C6H13NO2.H3N.H2/c1-2-3-5(8)4-6(7)9;;/h5,8H,2-4H2,1H3,(H2,7,9);1H3;1H. The number of carbonyl (C=O) groups excluding carboxylic acids is 1. The monoisotopic (exact) mass is 150 g/mol. The third kappa shape index (κ3) is 7.39. The van der Waals surface area contributed by atoms with E-state index in [0.717, 1.165) is 6.42 Å². The van der Waals surface area contributed by atoms with Gasteiger partial charge in [-0.2, -0.15) is 0 Å². The second-order valence-electron chi connectivity index (χ2n) is 2.11. The fraction of sp³-hybridized carbons (Fsp3) is 0.833. The molecule has 64 valence electrons. The average molecular weight is 150 g/mol. The molecule has 0 bridgehead atoms. The molecule has 0 radical (unpaired) electrons. The molecule has 0 aliphatic heterocycles. The van der Waals surface area contributed by atoms with Gasteiger partial charge in [0.25, 0.3) is 0 Å². The molecule has 0 fully saturated rings. The summed E-state index contributed by atoms with van der Waals surface area (Å²) in [7, 11) is 0. The van der Waals surface area contributed by atoms with Crippen LogP contribution in [0.4, 0.5) is 0 Å². The van der Waals surface area contributed by atoms with Crippen LogP contribution in [0.3, 0.4) is 0 Å². The van der Waals surface area contributed by atoms with Gasteiger partial charge in [-0.25, -0.2) is 0 Å². The van der Waals surface area contributed by atoms with Gasteiger partial charge in [-0.05, 0) is 6.42 Å². The van der Waals surface area contributed by atoms with Crippen molar-refractivity contribution in [1.82, 2.24) is 6.15 Å². The van der Waals surface area contributed by atoms with E-state index >= 15 is 0 Å². The van der Waals surface area contributed by atoms with Crippen molar-refractivity contribution in [3.05, 3.63) is 0 Å². The number of hydrogen-bond donors (Lipinski definition) is 3. The highest BCUT2D eigenvalue weighted by atomic mass is 16.3. The van der Waals surface area contributed by atoms with Gasteiger partial charge in [0.1, 0.15) is 0 Å². The number of primary amides is 1. The van der Waals surface area contributed by atoms with Gasteiger partial charge < -0.3 is 17.0 Å². The van der Waals surface area contributed by atoms with Crippen molar-refractivity contribution < 1.29 is 11.3 Å². The summed E-state index contributed by atoms with van der Waals surface area (Å²) in [6, 6.07) is 0. The SMILES string of the molecule is CCCC(O)CC(N)=O.N.[HH]. The molecule has 0 aliphatic rings. The lowest BCUT2D eigenvalue weighted by Gasteiger charge is -2.03. The summed E-state index contributed by atoms with van der Waals surface area (Å²) in [4.78, 5) is 10.1. The first kappa shape index (κ1) is 12.1. The van der Waals surface area contributed by atoms with Crippen LogP contribution in [0.1, 0.15) is 27.6 Å². The molecule has 1 atom stereocenters. The molecule has 0 aromatic carbocycles. The van der Waals surface area contributed by atoms with Crippen LogP contribution >= 0.6 is 0 Å². The lowest BCUT2D eigenvalue weighted by atomic mass is 10.1. The van der Waals surface area contributed by atoms with Crippen molar-refractivity contribution in [2.45, 2.75) is 32.3 Å². The maximum absolute atomic E-state index is 10.1. The Morgan fingerprint density at radius 3 is 2.60 bits per heavy atom. The molecular formula is C6H18N2O2. The highest BCUT2D eigenvalue weighted by molar-refractivity contribution is 5.74. The molecule has 0 rings (SSSR count). The van der Waals surface area contributed by atoms with E-state index in [1.165, 1.54) is 0 Å². The third-order valence-corrected chi connectivity index (χ3v) is 1.06. The van der Waals surface area contributed by atoms with Gasteiger partial charge in [0.05, 0.1) is 12.5 Å². The Bertz CT molecular complexity index is 101. The van der Waals surface area contributed by atoms with Crippen LogP contribution in [0.5, 0.6) is 0 Å². The van der Waals surface area contributed by atoms with Crippen molar-refractivity contribution in [2.75, 3.05) is 0 Å². The molecule has 6 N–H and O–H groups in total. The normalized spacial score (nSPS) is 11.8. The zero-order valence-electron chi connectivity index (χ0n) is 6.34. The zero-order chi connectivity index (χ0) is 7.28. The number of hydrogen-bond acceptors (Lipinski definition) is 3. The van der Waals surface area contributed by atoms with Gasteiger partial charge in [-0.15, -0.1) is 0 Å². The second-order valence-corrected chi connectivity index (χ2v) is 2.11. The fourth-order valence-corrected chi connectivity index (χ4v) is 0.668. The molecule has 0 saturated heterocycles. The largest absolute Gasteiger partial charge is 0.393 e. The minimum Gasteiger partial charge on any atom is -0.393 e. The summed E-state index contributed by atoms with van der Waals surface area (Å²) in [6.07, 6.45) is 1.10. The lowest BCUT2D eigenvalue weighted by molar-refractivity contribution is -0.119. The van der Waals surface area contributed by atoms with Gasteiger partial charge in [0, 0.05) is 1.43 Å². The third-order valence-electron chi connectivity index (χ3n) is 1.06. The van der Waals surface area contributed by atoms with Crippen LogP contribution in [0, 0.1) is 0 Å². The minimum absolute atomic E-state index is 0. The Balaban J connectivity index is -0.000000320. The van der Waals surface area contributed by atoms with Crippen LogP contribution in [-0.2, 0) is 4.79 Å². The van der Waals surface area contributed by atoms with E-state index in [4.69, 9.17) is 10.8 Å². The quantitative estimate of drug-likeness (QED) is 0.542. The molecule has 4 nitrogen and oxygen atoms in total. The van der Waals surface area contributed by atoms with Gasteiger partial charge in [0.15, 0.2) is 0 Å². The molecule has 0 heterocycles. The number of nitrogens with two attached hydrogens (primary N) is 1. The molecule has 10 heavy (non-hydrogen) atoms. The topological polar surface area (TPSA) is 98.3 Å². The van der Waals surface area contributed by atoms with E-state index < -0.39 is 12.0 Å². The highest BCUT2D eigenvalue weighted by Gasteiger charge is 2.04. The molecule has 1 unspecified atom stereocenters. The van der Waals surface area contributed by atoms with E-state index in [0.29, 0.717) is 6.42 Å². The molecule has 0 saturated carbocycles. The summed E-state index contributed by atoms with van der Waals surface area (Å²) in [6.45, 7) is 1.95. The maximum Gasteiger partial charge on any atom is 0.220 e. The molecule has 0 spiro atoms. The maximum atomic E-state index is 10.1. The van der Waals surface area contributed by atoms with Gasteiger partial charge in [-0.3, -0.25) is 4.79 Å². The molecule has 1 amide bonds. The first-order chi connectivity index (χ1) is 4.16. The molecule has 0 aromatic rings. The first-order valence-corrected chi connectivity index (χ1v) is 3.13. The van der Waals surface area contributed by atoms with Gasteiger partial charge >= 0.3 is 0 Å². The van der Waals surface area contributed by atoms with Crippen molar-refractivity contribution >= 4 is 5.91 Å². The van der Waals surface area contributed by atoms with Crippen molar-refractivity contribution in [2.24, 2.45) is 5.73 Å². The number of amides is 1. The smallest absolute Gasteiger partial charge is 0.220 e. The van der Waals surface area contributed by atoms with Crippen molar-refractivity contribution in [3.63, 3.8) is 0 Å². The Kier molecular flexibility index (Phi) is 7.88. The minimum atomic E-state index is -0.535. The van der Waals surface area contributed by atoms with E-state index in [1.54, 1.807) is 0 Å². The van der Waals surface area contributed by atoms with E-state index in [2.05, 4.69) is 0 Å². The first-order valence-electron chi connectivity index (χ1n) is 3.13. The second kappa shape index (κ2) is 6.51. The fourth-order valence-electron chi connectivity index (χ4n) is 0.668. The predicted molar refractivity (Wildman–Crippen MR) is 41.9 cm³/mol. The summed E-state index contributed by atoms with van der Waals surface area (Å²) >= 11 is 0. The Morgan fingerprint density at radius 1 is 1.80 bits per heavy atom. The molecular weight excluding hydrogens is 132 g/mol. The van der Waals surface area contributed by atoms with Crippen LogP contribution < -0.4 is 11.9 Å². The lowest BCUT2D eigenvalue weighted by Crippen LogP contribution is -2.19. The van der Waals surface area contributed by atoms with Crippen molar-refractivity contribution in [3.8, 4) is 0 Å². The van der Waals surface area contributed by atoms with Crippen molar-refractivity contribution in [1.29, 1.82) is 0 Å². The summed E-state index contributed by atoms with van der Waals surface area (Å²) in [5.41, 5.74) is 4.82. The Hall–Kier alpha value is -0.610. The van der Waals surface area contributed by atoms with E-state index in [9.17, 15) is 4.79 Å². The molecule has 0 aliphatic carbocycles. The van der Waals surface area contributed by atoms with E-state index in [-0.39, 0.29) is 14.0 Å². The Morgan fingerprint density at radius 2 is 2.30 bits per heavy atom. The zero-order valence-corrected chi connectivity index (χ0v) is 6.34. The van der Waals surface area contributed by atoms with Crippen LogP contribution in [-0.4, -0.2) is 17.1 Å². The van der Waals surface area contributed by atoms with Crippen LogP contribution in [0.25, 0.3) is 0 Å². The average Bonchev–Trinajstić information content (AvgIpc) is 1.63. The summed E-state index contributed by atoms with van der Waals surface area (Å²) in [5, 5.41) is 8.92. The van der Waals surface area contributed by atoms with Gasteiger partial charge in [-0.1, -0.05) is 13.3 Å². The predicted octanol–water partition coefficient (Wildman–Crippen LogP) is 0.431. The van der Waals surface area contributed by atoms with Crippen LogP contribution in [0.2, 0.25) is 0 Å². The summed E-state index contributed by atoms with van der Waals surface area (Å²) in [5.74, 6) is -0.434. The molecule has 4 heteroatoms. The summed E-state index contributed by atoms with van der Waals surface area (Å²) < 4.78 is 0. The molecule has 0 aromatic heterocycles. The Labute approximate surface area is 62.5 Å². The number of rotatable bonds is 4. The van der Waals surface area contributed by atoms with E-state index in [1.807, 2.05) is 6.92 Å². The highest BCUT2D eigenvalue weighted by Crippen LogP contribution is 1.98. The number of carbonyl (C=O) groups is 1. The number of aliphatic hydroxyl groups is 1.